The van der Waals surface area contributed by atoms with Gasteiger partial charge < -0.3 is 19.9 Å². The van der Waals surface area contributed by atoms with E-state index in [9.17, 15) is 9.59 Å². The summed E-state index contributed by atoms with van der Waals surface area (Å²) in [5.41, 5.74) is 3.54. The summed E-state index contributed by atoms with van der Waals surface area (Å²) < 4.78 is 5.40. The number of anilines is 1. The van der Waals surface area contributed by atoms with E-state index in [1.165, 1.54) is 0 Å². The maximum Gasteiger partial charge on any atom is 0.253 e. The van der Waals surface area contributed by atoms with Crippen molar-refractivity contribution in [1.82, 2.24) is 10.2 Å². The van der Waals surface area contributed by atoms with Gasteiger partial charge in [0.2, 0.25) is 0 Å². The monoisotopic (exact) mass is 407 g/mol. The predicted octanol–water partition coefficient (Wildman–Crippen LogP) is 2.87. The number of hydrogen-bond acceptors (Lipinski definition) is 4. The van der Waals surface area contributed by atoms with E-state index in [2.05, 4.69) is 10.2 Å². The van der Waals surface area contributed by atoms with E-state index >= 15 is 0 Å². The second-order valence-corrected chi connectivity index (χ2v) is 8.00. The molecule has 1 N–H and O–H groups in total. The molecule has 2 aromatic carbocycles. The Labute approximate surface area is 177 Å². The van der Waals surface area contributed by atoms with Crippen LogP contribution >= 0.6 is 0 Å². The summed E-state index contributed by atoms with van der Waals surface area (Å²) in [7, 11) is 0. The van der Waals surface area contributed by atoms with Gasteiger partial charge in [-0.05, 0) is 55.7 Å². The van der Waals surface area contributed by atoms with Crippen molar-refractivity contribution >= 4 is 17.5 Å². The van der Waals surface area contributed by atoms with Crippen LogP contribution in [0.25, 0.3) is 0 Å². The number of likely N-dealkylation sites (tertiary alicyclic amines) is 1. The van der Waals surface area contributed by atoms with Crippen LogP contribution in [0.5, 0.6) is 0 Å². The lowest BCUT2D eigenvalue weighted by Crippen LogP contribution is -2.46. The van der Waals surface area contributed by atoms with Crippen LogP contribution < -0.4 is 10.2 Å². The summed E-state index contributed by atoms with van der Waals surface area (Å²) >= 11 is 0. The molecule has 2 aliphatic heterocycles. The average Bonchev–Trinajstić information content (AvgIpc) is 2.80. The summed E-state index contributed by atoms with van der Waals surface area (Å²) in [5.74, 6) is 0.0313. The fourth-order valence-electron chi connectivity index (χ4n) is 4.14. The molecule has 6 nitrogen and oxygen atoms in total. The number of carbonyl (C=O) groups is 2. The van der Waals surface area contributed by atoms with E-state index in [0.717, 1.165) is 61.5 Å². The fraction of sp³-hybridized carbons (Fsp3) is 0.417. The van der Waals surface area contributed by atoms with Crippen LogP contribution in [0.4, 0.5) is 5.69 Å². The van der Waals surface area contributed by atoms with Gasteiger partial charge in [0, 0.05) is 49.0 Å². The highest BCUT2D eigenvalue weighted by Gasteiger charge is 2.25. The number of benzene rings is 2. The molecule has 2 aliphatic rings. The number of nitrogens with one attached hydrogen (secondary N) is 1. The third kappa shape index (κ3) is 4.65. The lowest BCUT2D eigenvalue weighted by Gasteiger charge is -2.33. The number of carbonyl (C=O) groups excluding carboxylic acids is 2. The predicted molar refractivity (Wildman–Crippen MR) is 117 cm³/mol. The fourth-order valence-corrected chi connectivity index (χ4v) is 4.14. The highest BCUT2D eigenvalue weighted by molar-refractivity contribution is 5.96. The van der Waals surface area contributed by atoms with Crippen LogP contribution in [0.1, 0.15) is 39.1 Å². The van der Waals surface area contributed by atoms with Crippen molar-refractivity contribution in [3.8, 4) is 0 Å². The smallest absolute Gasteiger partial charge is 0.253 e. The van der Waals surface area contributed by atoms with E-state index in [1.807, 2.05) is 60.4 Å². The van der Waals surface area contributed by atoms with Gasteiger partial charge in [-0.15, -0.1) is 0 Å². The number of amides is 2. The Morgan fingerprint density at radius 3 is 2.27 bits per heavy atom. The molecular weight excluding hydrogens is 378 g/mol. The SMILES string of the molecule is Cc1ccccc1C(=O)NC1CCN(C(=O)c2ccc(N3CCOCC3)cc2)CC1. The molecule has 4 rings (SSSR count). The molecule has 158 valence electrons. The maximum atomic E-state index is 12.9. The highest BCUT2D eigenvalue weighted by Crippen LogP contribution is 2.19. The van der Waals surface area contributed by atoms with Gasteiger partial charge in [0.05, 0.1) is 13.2 Å². The van der Waals surface area contributed by atoms with Crippen LogP contribution in [0.2, 0.25) is 0 Å². The highest BCUT2D eigenvalue weighted by atomic mass is 16.5. The van der Waals surface area contributed by atoms with Crippen molar-refractivity contribution in [3.63, 3.8) is 0 Å². The Bertz CT molecular complexity index is 883. The van der Waals surface area contributed by atoms with Crippen LogP contribution in [-0.2, 0) is 4.74 Å². The number of nitrogens with zero attached hydrogens (tertiary/aromatic N) is 2. The molecule has 2 saturated heterocycles. The minimum Gasteiger partial charge on any atom is -0.378 e. The van der Waals surface area contributed by atoms with Crippen LogP contribution in [0.15, 0.2) is 48.5 Å². The molecule has 0 radical (unpaired) electrons. The van der Waals surface area contributed by atoms with Gasteiger partial charge in [0.25, 0.3) is 11.8 Å². The van der Waals surface area contributed by atoms with Crippen LogP contribution in [0.3, 0.4) is 0 Å². The number of piperidine rings is 1. The lowest BCUT2D eigenvalue weighted by atomic mass is 10.0. The van der Waals surface area contributed by atoms with E-state index in [4.69, 9.17) is 4.74 Å². The van der Waals surface area contributed by atoms with Crippen molar-refractivity contribution in [2.75, 3.05) is 44.3 Å². The first-order chi connectivity index (χ1) is 14.6. The molecule has 2 heterocycles. The molecule has 0 aromatic heterocycles. The van der Waals surface area contributed by atoms with Gasteiger partial charge in [-0.25, -0.2) is 0 Å². The number of hydrogen-bond donors (Lipinski definition) is 1. The summed E-state index contributed by atoms with van der Waals surface area (Å²) in [4.78, 5) is 29.6. The maximum absolute atomic E-state index is 12.9. The van der Waals surface area contributed by atoms with E-state index in [-0.39, 0.29) is 17.9 Å². The van der Waals surface area contributed by atoms with Crippen molar-refractivity contribution in [2.45, 2.75) is 25.8 Å². The molecular formula is C24H29N3O3. The molecule has 0 unspecified atom stereocenters. The number of morpholine rings is 1. The van der Waals surface area contributed by atoms with E-state index in [0.29, 0.717) is 13.1 Å². The molecule has 2 fully saturated rings. The van der Waals surface area contributed by atoms with Crippen molar-refractivity contribution in [3.05, 3.63) is 65.2 Å². The van der Waals surface area contributed by atoms with Gasteiger partial charge in [0.1, 0.15) is 0 Å². The Morgan fingerprint density at radius 1 is 0.933 bits per heavy atom. The van der Waals surface area contributed by atoms with E-state index in [1.54, 1.807) is 0 Å². The minimum absolute atomic E-state index is 0.0309. The Balaban J connectivity index is 1.30. The zero-order chi connectivity index (χ0) is 20.9. The second-order valence-electron chi connectivity index (χ2n) is 8.00. The first-order valence-corrected chi connectivity index (χ1v) is 10.7. The average molecular weight is 408 g/mol. The van der Waals surface area contributed by atoms with Crippen molar-refractivity contribution in [2.24, 2.45) is 0 Å². The first-order valence-electron chi connectivity index (χ1n) is 10.7. The van der Waals surface area contributed by atoms with Gasteiger partial charge in [-0.2, -0.15) is 0 Å². The topological polar surface area (TPSA) is 61.9 Å². The number of rotatable bonds is 4. The largest absolute Gasteiger partial charge is 0.378 e. The van der Waals surface area contributed by atoms with Crippen molar-refractivity contribution in [1.29, 1.82) is 0 Å². The van der Waals surface area contributed by atoms with Crippen molar-refractivity contribution < 1.29 is 14.3 Å². The first kappa shape index (κ1) is 20.4. The molecule has 0 spiro atoms. The molecule has 2 amide bonds. The zero-order valence-electron chi connectivity index (χ0n) is 17.5. The molecule has 0 atom stereocenters. The summed E-state index contributed by atoms with van der Waals surface area (Å²) in [6, 6.07) is 15.6. The Kier molecular flexibility index (Phi) is 6.33. The lowest BCUT2D eigenvalue weighted by molar-refractivity contribution is 0.0698. The zero-order valence-corrected chi connectivity index (χ0v) is 17.5. The quantitative estimate of drug-likeness (QED) is 0.847. The third-order valence-electron chi connectivity index (χ3n) is 6.00. The van der Waals surface area contributed by atoms with Gasteiger partial charge in [-0.3, -0.25) is 9.59 Å². The third-order valence-corrected chi connectivity index (χ3v) is 6.00. The Hall–Kier alpha value is -2.86. The molecule has 0 aliphatic carbocycles. The number of aryl methyl sites for hydroxylation is 1. The molecule has 0 saturated carbocycles. The van der Waals surface area contributed by atoms with Crippen LogP contribution in [0, 0.1) is 6.92 Å². The van der Waals surface area contributed by atoms with Crippen LogP contribution in [-0.4, -0.2) is 62.1 Å². The number of ether oxygens (including phenoxy) is 1. The summed E-state index contributed by atoms with van der Waals surface area (Å²) in [6.45, 7) is 6.52. The summed E-state index contributed by atoms with van der Waals surface area (Å²) in [5, 5.41) is 3.13. The Morgan fingerprint density at radius 2 is 1.60 bits per heavy atom. The molecule has 6 heteroatoms. The standard InChI is InChI=1S/C24H29N3O3/c1-18-4-2-3-5-22(18)23(28)25-20-10-12-27(13-11-20)24(29)19-6-8-21(9-7-19)26-14-16-30-17-15-26/h2-9,20H,10-17H2,1H3,(H,25,28). The van der Waals surface area contributed by atoms with Gasteiger partial charge in [-0.1, -0.05) is 18.2 Å². The van der Waals surface area contributed by atoms with Gasteiger partial charge >= 0.3 is 0 Å². The molecule has 2 aromatic rings. The minimum atomic E-state index is -0.0309. The second kappa shape index (κ2) is 9.30. The molecule has 30 heavy (non-hydrogen) atoms. The van der Waals surface area contributed by atoms with Gasteiger partial charge in [0.15, 0.2) is 0 Å². The molecule has 0 bridgehead atoms. The summed E-state index contributed by atoms with van der Waals surface area (Å²) in [6.07, 6.45) is 1.55. The normalized spacial score (nSPS) is 17.6. The van der Waals surface area contributed by atoms with E-state index < -0.39 is 0 Å².